The Morgan fingerprint density at radius 3 is 2.89 bits per heavy atom. The van der Waals surface area contributed by atoms with E-state index in [-0.39, 0.29) is 17.0 Å². The van der Waals surface area contributed by atoms with Crippen molar-refractivity contribution in [2.45, 2.75) is 6.42 Å². The number of hydrogen-bond acceptors (Lipinski definition) is 5. The minimum absolute atomic E-state index is 0.177. The number of nitro benzene ring substituents is 1. The van der Waals surface area contributed by atoms with E-state index in [0.29, 0.717) is 13.0 Å². The molecule has 0 atom stereocenters. The lowest BCUT2D eigenvalue weighted by Crippen LogP contribution is -2.03. The van der Waals surface area contributed by atoms with Gasteiger partial charge < -0.3 is 4.74 Å². The summed E-state index contributed by atoms with van der Waals surface area (Å²) >= 11 is 1.60. The Hall–Kier alpha value is -2.39. The average molecular weight is 274 g/mol. The molecule has 0 saturated carbocycles. The number of nitrogens with zero attached hydrogens (tertiary/aromatic N) is 2. The van der Waals surface area contributed by atoms with Crippen LogP contribution in [0.15, 0.2) is 35.0 Å². The maximum atomic E-state index is 10.9. The van der Waals surface area contributed by atoms with Crippen molar-refractivity contribution in [3.05, 3.63) is 56.3 Å². The first-order valence-corrected chi connectivity index (χ1v) is 6.47. The van der Waals surface area contributed by atoms with Crippen molar-refractivity contribution >= 4 is 17.0 Å². The highest BCUT2D eigenvalue weighted by Gasteiger charge is 2.15. The molecule has 2 aromatic rings. The zero-order valence-electron chi connectivity index (χ0n) is 9.91. The van der Waals surface area contributed by atoms with Gasteiger partial charge in [0.25, 0.3) is 0 Å². The maximum Gasteiger partial charge on any atom is 0.312 e. The molecule has 1 aromatic heterocycles. The zero-order chi connectivity index (χ0) is 13.7. The third-order valence-corrected chi connectivity index (χ3v) is 3.25. The Kier molecular flexibility index (Phi) is 4.11. The Morgan fingerprint density at radius 1 is 1.42 bits per heavy atom. The summed E-state index contributed by atoms with van der Waals surface area (Å²) in [5.41, 5.74) is 1.21. The number of hydrogen-bond donors (Lipinski definition) is 0. The van der Waals surface area contributed by atoms with Crippen molar-refractivity contribution < 1.29 is 9.66 Å². The number of nitriles is 1. The number of rotatable bonds is 5. The Morgan fingerprint density at radius 2 is 2.26 bits per heavy atom. The fourth-order valence-corrected chi connectivity index (χ4v) is 2.27. The third-order valence-electron chi connectivity index (χ3n) is 2.51. The van der Waals surface area contributed by atoms with Gasteiger partial charge >= 0.3 is 5.69 Å². The van der Waals surface area contributed by atoms with Crippen molar-refractivity contribution in [3.8, 4) is 11.8 Å². The quantitative estimate of drug-likeness (QED) is 0.620. The van der Waals surface area contributed by atoms with Gasteiger partial charge in [0.2, 0.25) is 0 Å². The average Bonchev–Trinajstić information content (AvgIpc) is 2.92. The van der Waals surface area contributed by atoms with Crippen LogP contribution in [-0.4, -0.2) is 11.5 Å². The molecule has 0 aliphatic heterocycles. The second-order valence-corrected chi connectivity index (χ2v) is 4.56. The molecule has 0 N–H and O–H groups in total. The largest absolute Gasteiger partial charge is 0.486 e. The number of benzene rings is 1. The number of ether oxygens (including phenoxy) is 1. The van der Waals surface area contributed by atoms with Crippen molar-refractivity contribution in [2.75, 3.05) is 6.61 Å². The predicted octanol–water partition coefficient (Wildman–Crippen LogP) is 3.15. The molecule has 6 heteroatoms. The molecule has 0 fully saturated rings. The van der Waals surface area contributed by atoms with Crippen LogP contribution in [0, 0.1) is 21.4 Å². The Labute approximate surface area is 113 Å². The first-order valence-electron chi connectivity index (χ1n) is 5.53. The van der Waals surface area contributed by atoms with Gasteiger partial charge in [-0.2, -0.15) is 16.6 Å². The van der Waals surface area contributed by atoms with Gasteiger partial charge in [-0.05, 0) is 34.5 Å². The van der Waals surface area contributed by atoms with E-state index in [2.05, 4.69) is 0 Å². The SMILES string of the molecule is N#Cc1ccc(OCCc2ccsc2)c([N+](=O)[O-])c1. The first-order chi connectivity index (χ1) is 9.20. The minimum atomic E-state index is -0.541. The topological polar surface area (TPSA) is 76.2 Å². The lowest BCUT2D eigenvalue weighted by molar-refractivity contribution is -0.385. The molecule has 2 rings (SSSR count). The molecule has 1 aromatic carbocycles. The van der Waals surface area contributed by atoms with E-state index in [4.69, 9.17) is 10.00 Å². The molecule has 0 saturated heterocycles. The van der Waals surface area contributed by atoms with Crippen LogP contribution in [-0.2, 0) is 6.42 Å². The van der Waals surface area contributed by atoms with Crippen LogP contribution in [0.3, 0.4) is 0 Å². The molecule has 0 spiro atoms. The van der Waals surface area contributed by atoms with Crippen LogP contribution in [0.25, 0.3) is 0 Å². The summed E-state index contributed by atoms with van der Waals surface area (Å²) in [7, 11) is 0. The Bertz CT molecular complexity index is 617. The minimum Gasteiger partial charge on any atom is -0.486 e. The van der Waals surface area contributed by atoms with E-state index < -0.39 is 4.92 Å². The summed E-state index contributed by atoms with van der Waals surface area (Å²) < 4.78 is 5.42. The van der Waals surface area contributed by atoms with E-state index >= 15 is 0 Å². The third kappa shape index (κ3) is 3.30. The van der Waals surface area contributed by atoms with E-state index in [1.807, 2.05) is 22.9 Å². The summed E-state index contributed by atoms with van der Waals surface area (Å²) in [6.07, 6.45) is 0.695. The summed E-state index contributed by atoms with van der Waals surface area (Å²) in [5.74, 6) is 0.194. The molecule has 0 bridgehead atoms. The fourth-order valence-electron chi connectivity index (χ4n) is 1.57. The van der Waals surface area contributed by atoms with Gasteiger partial charge in [0.15, 0.2) is 5.75 Å². The standard InChI is InChI=1S/C13H10N2O3S/c14-8-11-1-2-13(12(7-11)15(16)17)18-5-3-10-4-6-19-9-10/h1-2,4,6-7,9H,3,5H2. The smallest absolute Gasteiger partial charge is 0.312 e. The Balaban J connectivity index is 2.07. The normalized spacial score (nSPS) is 9.84. The van der Waals surface area contributed by atoms with E-state index in [1.54, 1.807) is 11.3 Å². The molecule has 0 unspecified atom stereocenters. The number of thiophene rings is 1. The maximum absolute atomic E-state index is 10.9. The molecule has 5 nitrogen and oxygen atoms in total. The van der Waals surface area contributed by atoms with Crippen molar-refractivity contribution in [1.82, 2.24) is 0 Å². The van der Waals surface area contributed by atoms with Gasteiger partial charge in [-0.15, -0.1) is 0 Å². The lowest BCUT2D eigenvalue weighted by atomic mass is 10.2. The van der Waals surface area contributed by atoms with Crippen molar-refractivity contribution in [2.24, 2.45) is 0 Å². The van der Waals surface area contributed by atoms with Crippen molar-refractivity contribution in [1.29, 1.82) is 5.26 Å². The molecule has 1 heterocycles. The first kappa shape index (κ1) is 13.1. The molecule has 96 valence electrons. The van der Waals surface area contributed by atoms with Crippen LogP contribution in [0.1, 0.15) is 11.1 Å². The highest BCUT2D eigenvalue weighted by molar-refractivity contribution is 7.07. The van der Waals surface area contributed by atoms with Crippen LogP contribution in [0.5, 0.6) is 5.75 Å². The van der Waals surface area contributed by atoms with Crippen molar-refractivity contribution in [3.63, 3.8) is 0 Å². The van der Waals surface area contributed by atoms with E-state index in [1.165, 1.54) is 18.2 Å². The highest BCUT2D eigenvalue weighted by Crippen LogP contribution is 2.27. The predicted molar refractivity (Wildman–Crippen MR) is 71.3 cm³/mol. The van der Waals surface area contributed by atoms with Gasteiger partial charge in [-0.25, -0.2) is 0 Å². The molecule has 0 aliphatic carbocycles. The van der Waals surface area contributed by atoms with Gasteiger partial charge in [0.05, 0.1) is 23.2 Å². The van der Waals surface area contributed by atoms with Gasteiger partial charge in [-0.3, -0.25) is 10.1 Å². The van der Waals surface area contributed by atoms with Gasteiger partial charge in [0.1, 0.15) is 0 Å². The molecular weight excluding hydrogens is 264 g/mol. The van der Waals surface area contributed by atoms with Gasteiger partial charge in [0, 0.05) is 12.5 Å². The monoisotopic (exact) mass is 274 g/mol. The highest BCUT2D eigenvalue weighted by atomic mass is 32.1. The van der Waals surface area contributed by atoms with E-state index in [0.717, 1.165) is 5.56 Å². The zero-order valence-corrected chi connectivity index (χ0v) is 10.7. The second-order valence-electron chi connectivity index (χ2n) is 3.78. The van der Waals surface area contributed by atoms with Crippen LogP contribution < -0.4 is 4.74 Å². The molecule has 0 amide bonds. The van der Waals surface area contributed by atoms with E-state index in [9.17, 15) is 10.1 Å². The van der Waals surface area contributed by atoms with Crippen LogP contribution >= 0.6 is 11.3 Å². The fraction of sp³-hybridized carbons (Fsp3) is 0.154. The molecular formula is C13H10N2O3S. The summed E-state index contributed by atoms with van der Waals surface area (Å²) in [4.78, 5) is 10.4. The summed E-state index contributed by atoms with van der Waals surface area (Å²) in [6, 6.07) is 8.05. The molecule has 19 heavy (non-hydrogen) atoms. The molecule has 0 radical (unpaired) electrons. The molecule has 0 aliphatic rings. The lowest BCUT2D eigenvalue weighted by Gasteiger charge is -2.06. The number of nitro groups is 1. The van der Waals surface area contributed by atoms with Gasteiger partial charge in [-0.1, -0.05) is 0 Å². The second kappa shape index (κ2) is 5.98. The van der Waals surface area contributed by atoms with Crippen LogP contribution in [0.2, 0.25) is 0 Å². The summed E-state index contributed by atoms with van der Waals surface area (Å²) in [5, 5.41) is 23.6. The summed E-state index contributed by atoms with van der Waals surface area (Å²) in [6.45, 7) is 0.365. The van der Waals surface area contributed by atoms with Crippen LogP contribution in [0.4, 0.5) is 5.69 Å².